The van der Waals surface area contributed by atoms with Gasteiger partial charge in [-0.2, -0.15) is 0 Å². The second kappa shape index (κ2) is 7.57. The molecule has 2 nitrogen and oxygen atoms in total. The summed E-state index contributed by atoms with van der Waals surface area (Å²) in [4.78, 5) is 12.1. The van der Waals surface area contributed by atoms with Crippen LogP contribution in [0.3, 0.4) is 0 Å². The van der Waals surface area contributed by atoms with Crippen molar-refractivity contribution < 1.29 is 4.79 Å². The molecule has 0 aliphatic heterocycles. The molecule has 3 heteroatoms. The number of hydrogen-bond donors (Lipinski definition) is 1. The third-order valence-electron chi connectivity index (χ3n) is 3.50. The van der Waals surface area contributed by atoms with Crippen LogP contribution in [0.1, 0.15) is 41.3 Å². The lowest BCUT2D eigenvalue weighted by Gasteiger charge is -2.15. The Morgan fingerprint density at radius 3 is 2.72 bits per heavy atom. The Balaban J connectivity index is 2.62. The summed E-state index contributed by atoms with van der Waals surface area (Å²) in [5.74, 6) is 0.600. The summed E-state index contributed by atoms with van der Waals surface area (Å²) in [5, 5.41) is 4.03. The van der Waals surface area contributed by atoms with E-state index in [1.807, 2.05) is 32.0 Å². The molecule has 0 fully saturated rings. The van der Waals surface area contributed by atoms with E-state index in [9.17, 15) is 4.79 Å². The molecular formula is C15H22BrNO. The van der Waals surface area contributed by atoms with Crippen LogP contribution in [-0.4, -0.2) is 17.8 Å². The van der Waals surface area contributed by atoms with Gasteiger partial charge in [0.1, 0.15) is 0 Å². The fourth-order valence-electron chi connectivity index (χ4n) is 1.93. The van der Waals surface area contributed by atoms with Crippen molar-refractivity contribution in [1.82, 2.24) is 5.32 Å². The van der Waals surface area contributed by atoms with E-state index in [2.05, 4.69) is 28.2 Å². The zero-order valence-corrected chi connectivity index (χ0v) is 13.0. The summed E-state index contributed by atoms with van der Waals surface area (Å²) < 4.78 is 0. The van der Waals surface area contributed by atoms with E-state index in [-0.39, 0.29) is 5.91 Å². The molecule has 0 bridgehead atoms. The molecule has 0 radical (unpaired) electrons. The van der Waals surface area contributed by atoms with E-state index in [0.717, 1.165) is 41.4 Å². The Hall–Kier alpha value is -0.830. The minimum Gasteiger partial charge on any atom is -0.352 e. The highest BCUT2D eigenvalue weighted by atomic mass is 79.9. The maximum Gasteiger partial charge on any atom is 0.251 e. The molecule has 1 unspecified atom stereocenters. The Morgan fingerprint density at radius 2 is 2.11 bits per heavy atom. The Morgan fingerprint density at radius 1 is 1.39 bits per heavy atom. The first-order valence-electron chi connectivity index (χ1n) is 6.50. The molecule has 100 valence electrons. The lowest BCUT2D eigenvalue weighted by Crippen LogP contribution is -2.29. The van der Waals surface area contributed by atoms with Gasteiger partial charge in [0.05, 0.1) is 0 Å². The van der Waals surface area contributed by atoms with Crippen molar-refractivity contribution in [1.29, 1.82) is 0 Å². The quantitative estimate of drug-likeness (QED) is 0.794. The fraction of sp³-hybridized carbons (Fsp3) is 0.533. The summed E-state index contributed by atoms with van der Waals surface area (Å²) in [6, 6.07) is 5.86. The molecule has 1 amide bonds. The average molecular weight is 312 g/mol. The number of amides is 1. The summed E-state index contributed by atoms with van der Waals surface area (Å²) in [7, 11) is 0. The van der Waals surface area contributed by atoms with Crippen molar-refractivity contribution in [3.63, 3.8) is 0 Å². The summed E-state index contributed by atoms with van der Waals surface area (Å²) in [6.07, 6.45) is 2.20. The Kier molecular flexibility index (Phi) is 6.41. The molecule has 1 aromatic rings. The number of carbonyl (C=O) groups is 1. The van der Waals surface area contributed by atoms with Crippen molar-refractivity contribution >= 4 is 21.8 Å². The van der Waals surface area contributed by atoms with Crippen LogP contribution in [0.2, 0.25) is 0 Å². The predicted octanol–water partition coefficient (Wildman–Crippen LogP) is 3.84. The number of alkyl halides is 1. The van der Waals surface area contributed by atoms with Crippen LogP contribution in [0.4, 0.5) is 0 Å². The van der Waals surface area contributed by atoms with E-state index in [0.29, 0.717) is 5.92 Å². The monoisotopic (exact) mass is 311 g/mol. The molecule has 0 aliphatic rings. The number of halogens is 1. The zero-order valence-electron chi connectivity index (χ0n) is 11.4. The van der Waals surface area contributed by atoms with Crippen molar-refractivity contribution in [3.8, 4) is 0 Å². The summed E-state index contributed by atoms with van der Waals surface area (Å²) >= 11 is 3.45. The molecule has 18 heavy (non-hydrogen) atoms. The van der Waals surface area contributed by atoms with Gasteiger partial charge in [-0.05, 0) is 43.4 Å². The van der Waals surface area contributed by atoms with Gasteiger partial charge in [-0.3, -0.25) is 4.79 Å². The van der Waals surface area contributed by atoms with Crippen molar-refractivity contribution in [2.45, 2.75) is 33.6 Å². The van der Waals surface area contributed by atoms with E-state index < -0.39 is 0 Å². The number of rotatable bonds is 6. The molecule has 1 rings (SSSR count). The molecule has 0 saturated carbocycles. The maximum absolute atomic E-state index is 12.1. The number of carbonyl (C=O) groups excluding carboxylic acids is 1. The second-order valence-corrected chi connectivity index (χ2v) is 5.50. The van der Waals surface area contributed by atoms with Gasteiger partial charge in [-0.15, -0.1) is 0 Å². The van der Waals surface area contributed by atoms with Crippen molar-refractivity contribution in [2.75, 3.05) is 11.9 Å². The fourth-order valence-corrected chi connectivity index (χ4v) is 2.58. The number of benzene rings is 1. The minimum absolute atomic E-state index is 0.0456. The van der Waals surface area contributed by atoms with Crippen LogP contribution >= 0.6 is 15.9 Å². The first-order chi connectivity index (χ1) is 8.60. The molecule has 0 heterocycles. The number of hydrogen-bond acceptors (Lipinski definition) is 1. The predicted molar refractivity (Wildman–Crippen MR) is 80.4 cm³/mol. The van der Waals surface area contributed by atoms with Gasteiger partial charge < -0.3 is 5.32 Å². The van der Waals surface area contributed by atoms with Crippen molar-refractivity contribution in [3.05, 3.63) is 34.9 Å². The zero-order chi connectivity index (χ0) is 13.5. The largest absolute Gasteiger partial charge is 0.352 e. The van der Waals surface area contributed by atoms with E-state index in [1.165, 1.54) is 0 Å². The highest BCUT2D eigenvalue weighted by molar-refractivity contribution is 9.09. The summed E-state index contributed by atoms with van der Waals surface area (Å²) in [6.45, 7) is 6.96. The molecule has 1 aromatic carbocycles. The number of nitrogens with one attached hydrogen (secondary N) is 1. The highest BCUT2D eigenvalue weighted by Crippen LogP contribution is 2.13. The Labute approximate surface area is 118 Å². The van der Waals surface area contributed by atoms with Gasteiger partial charge in [0.15, 0.2) is 0 Å². The van der Waals surface area contributed by atoms with Gasteiger partial charge in [0.2, 0.25) is 0 Å². The summed E-state index contributed by atoms with van der Waals surface area (Å²) in [5.41, 5.74) is 3.03. The first-order valence-corrected chi connectivity index (χ1v) is 7.62. The van der Waals surface area contributed by atoms with Crippen LogP contribution < -0.4 is 5.32 Å². The second-order valence-electron chi connectivity index (χ2n) is 4.71. The lowest BCUT2D eigenvalue weighted by atomic mass is 10.0. The van der Waals surface area contributed by atoms with Crippen LogP contribution in [-0.2, 0) is 0 Å². The molecule has 0 spiro atoms. The lowest BCUT2D eigenvalue weighted by molar-refractivity contribution is 0.0946. The normalized spacial score (nSPS) is 12.2. The topological polar surface area (TPSA) is 29.1 Å². The average Bonchev–Trinajstić information content (AvgIpc) is 2.37. The van der Waals surface area contributed by atoms with Crippen molar-refractivity contribution in [2.24, 2.45) is 5.92 Å². The Bertz CT molecular complexity index is 403. The van der Waals surface area contributed by atoms with Crippen LogP contribution in [0, 0.1) is 19.8 Å². The van der Waals surface area contributed by atoms with Crippen LogP contribution in [0.15, 0.2) is 18.2 Å². The highest BCUT2D eigenvalue weighted by Gasteiger charge is 2.12. The molecular weight excluding hydrogens is 290 g/mol. The smallest absolute Gasteiger partial charge is 0.251 e. The van der Waals surface area contributed by atoms with Gasteiger partial charge in [0.25, 0.3) is 5.91 Å². The van der Waals surface area contributed by atoms with Gasteiger partial charge in [0, 0.05) is 17.4 Å². The minimum atomic E-state index is 0.0456. The van der Waals surface area contributed by atoms with E-state index >= 15 is 0 Å². The third-order valence-corrected chi connectivity index (χ3v) is 3.95. The third kappa shape index (κ3) is 4.13. The van der Waals surface area contributed by atoms with Gasteiger partial charge in [-0.1, -0.05) is 41.4 Å². The van der Waals surface area contributed by atoms with Gasteiger partial charge in [-0.25, -0.2) is 0 Å². The molecule has 1 atom stereocenters. The SMILES string of the molecule is CCC(CCBr)CNC(=O)c1cccc(C)c1C. The maximum atomic E-state index is 12.1. The molecule has 0 aliphatic carbocycles. The van der Waals surface area contributed by atoms with Crippen LogP contribution in [0.25, 0.3) is 0 Å². The molecule has 0 saturated heterocycles. The van der Waals surface area contributed by atoms with Gasteiger partial charge >= 0.3 is 0 Å². The number of aryl methyl sites for hydroxylation is 1. The first kappa shape index (κ1) is 15.2. The van der Waals surface area contributed by atoms with E-state index in [4.69, 9.17) is 0 Å². The molecule has 0 aromatic heterocycles. The van der Waals surface area contributed by atoms with E-state index in [1.54, 1.807) is 0 Å². The van der Waals surface area contributed by atoms with Crippen LogP contribution in [0.5, 0.6) is 0 Å². The molecule has 1 N–H and O–H groups in total. The standard InChI is InChI=1S/C15H22BrNO/c1-4-13(8-9-16)10-17-15(18)14-7-5-6-11(2)12(14)3/h5-7,13H,4,8-10H2,1-3H3,(H,17,18).